The number of fused-ring (bicyclic) bond motifs is 2. The fraction of sp³-hybridized carbons (Fsp3) is 0.562. The van der Waals surface area contributed by atoms with Gasteiger partial charge >= 0.3 is 0 Å². The van der Waals surface area contributed by atoms with Crippen LogP contribution in [0.4, 0.5) is 14.5 Å². The van der Waals surface area contributed by atoms with Gasteiger partial charge in [0.15, 0.2) is 11.6 Å². The molecule has 1 amide bonds. The molecule has 0 heterocycles. The van der Waals surface area contributed by atoms with E-state index in [1.807, 2.05) is 0 Å². The van der Waals surface area contributed by atoms with E-state index in [4.69, 9.17) is 5.73 Å². The second kappa shape index (κ2) is 6.92. The van der Waals surface area contributed by atoms with Crippen molar-refractivity contribution in [1.29, 1.82) is 0 Å². The minimum atomic E-state index is -0.949. The first-order valence-electron chi connectivity index (χ1n) is 7.56. The summed E-state index contributed by atoms with van der Waals surface area (Å²) in [7, 11) is 0. The molecule has 2 saturated carbocycles. The lowest BCUT2D eigenvalue weighted by Crippen LogP contribution is -2.48. The maximum absolute atomic E-state index is 13.2. The van der Waals surface area contributed by atoms with Gasteiger partial charge in [0.25, 0.3) is 0 Å². The van der Waals surface area contributed by atoms with Crippen molar-refractivity contribution >= 4 is 24.0 Å². The van der Waals surface area contributed by atoms with Crippen molar-refractivity contribution in [2.45, 2.75) is 38.1 Å². The van der Waals surface area contributed by atoms with Gasteiger partial charge in [0.05, 0.1) is 0 Å². The molecular weight excluding hydrogens is 310 g/mol. The molecular formula is C16H21ClF2N2O. The van der Waals surface area contributed by atoms with Gasteiger partial charge in [0, 0.05) is 23.7 Å². The van der Waals surface area contributed by atoms with E-state index in [1.54, 1.807) is 0 Å². The molecule has 2 atom stereocenters. The van der Waals surface area contributed by atoms with E-state index in [1.165, 1.54) is 12.5 Å². The molecule has 6 heteroatoms. The van der Waals surface area contributed by atoms with Crippen LogP contribution in [0.15, 0.2) is 18.2 Å². The molecule has 1 aromatic rings. The van der Waals surface area contributed by atoms with Crippen LogP contribution < -0.4 is 11.1 Å². The monoisotopic (exact) mass is 330 g/mol. The Bertz CT molecular complexity index is 541. The number of carbonyl (C=O) groups is 1. The second-order valence-electron chi connectivity index (χ2n) is 6.31. The average molecular weight is 331 g/mol. The largest absolute Gasteiger partial charge is 0.327 e. The lowest BCUT2D eigenvalue weighted by Gasteiger charge is -2.43. The summed E-state index contributed by atoms with van der Waals surface area (Å²) in [6.07, 6.45) is 4.97. The first-order valence-corrected chi connectivity index (χ1v) is 7.56. The predicted octanol–water partition coefficient (Wildman–Crippen LogP) is 3.48. The van der Waals surface area contributed by atoms with Crippen LogP contribution in [0, 0.1) is 29.4 Å². The summed E-state index contributed by atoms with van der Waals surface area (Å²) in [5, 5.41) is 2.70. The van der Waals surface area contributed by atoms with Crippen LogP contribution in [0.3, 0.4) is 0 Å². The van der Waals surface area contributed by atoms with Crippen LogP contribution in [0.2, 0.25) is 0 Å². The van der Waals surface area contributed by atoms with Gasteiger partial charge in [-0.3, -0.25) is 4.79 Å². The molecule has 3 N–H and O–H groups in total. The Morgan fingerprint density at radius 2 is 1.77 bits per heavy atom. The van der Waals surface area contributed by atoms with Gasteiger partial charge in [-0.05, 0) is 49.7 Å². The molecule has 0 spiro atoms. The molecule has 22 heavy (non-hydrogen) atoms. The van der Waals surface area contributed by atoms with Gasteiger partial charge in [-0.1, -0.05) is 6.42 Å². The summed E-state index contributed by atoms with van der Waals surface area (Å²) in [5.74, 6) is -1.21. The summed E-state index contributed by atoms with van der Waals surface area (Å²) in [5.41, 5.74) is 6.52. The minimum absolute atomic E-state index is 0. The van der Waals surface area contributed by atoms with E-state index >= 15 is 0 Å². The molecule has 3 rings (SSSR count). The number of amides is 1. The van der Waals surface area contributed by atoms with Crippen molar-refractivity contribution in [1.82, 2.24) is 0 Å². The molecule has 0 aromatic heterocycles. The quantitative estimate of drug-likeness (QED) is 0.872. The van der Waals surface area contributed by atoms with Crippen LogP contribution in [-0.4, -0.2) is 11.9 Å². The van der Waals surface area contributed by atoms with E-state index in [9.17, 15) is 13.6 Å². The summed E-state index contributed by atoms with van der Waals surface area (Å²) < 4.78 is 26.1. The molecule has 2 bridgehead atoms. The molecule has 0 saturated heterocycles. The van der Waals surface area contributed by atoms with Gasteiger partial charge in [-0.15, -0.1) is 12.4 Å². The summed E-state index contributed by atoms with van der Waals surface area (Å²) in [6, 6.07) is 3.64. The normalized spacial score (nSPS) is 30.3. The SMILES string of the molecule is Cl.NC1C2CCCC1CC(C(=O)Nc1ccc(F)c(F)c1)C2. The van der Waals surface area contributed by atoms with Gasteiger partial charge < -0.3 is 11.1 Å². The van der Waals surface area contributed by atoms with Crippen LogP contribution in [0.1, 0.15) is 32.1 Å². The van der Waals surface area contributed by atoms with Gasteiger partial charge in [-0.2, -0.15) is 0 Å². The van der Waals surface area contributed by atoms with Gasteiger partial charge in [0.2, 0.25) is 5.91 Å². The predicted molar refractivity (Wildman–Crippen MR) is 83.8 cm³/mol. The molecule has 122 valence electrons. The lowest BCUT2D eigenvalue weighted by atomic mass is 9.65. The zero-order chi connectivity index (χ0) is 15.0. The van der Waals surface area contributed by atoms with Gasteiger partial charge in [-0.25, -0.2) is 8.78 Å². The summed E-state index contributed by atoms with van der Waals surface area (Å²) in [6.45, 7) is 0. The maximum Gasteiger partial charge on any atom is 0.227 e. The first kappa shape index (κ1) is 17.2. The minimum Gasteiger partial charge on any atom is -0.327 e. The third-order valence-corrected chi connectivity index (χ3v) is 4.97. The molecule has 2 aliphatic rings. The maximum atomic E-state index is 13.2. The van der Waals surface area contributed by atoms with Crippen molar-refractivity contribution in [3.63, 3.8) is 0 Å². The Hall–Kier alpha value is -1.20. The second-order valence-corrected chi connectivity index (χ2v) is 6.31. The van der Waals surface area contributed by atoms with E-state index < -0.39 is 11.6 Å². The van der Waals surface area contributed by atoms with E-state index in [2.05, 4.69) is 5.32 Å². The Kier molecular flexibility index (Phi) is 5.40. The number of anilines is 1. The highest BCUT2D eigenvalue weighted by Gasteiger charge is 2.40. The smallest absolute Gasteiger partial charge is 0.227 e. The molecule has 0 radical (unpaired) electrons. The zero-order valence-corrected chi connectivity index (χ0v) is 13.0. The highest BCUT2D eigenvalue weighted by Crippen LogP contribution is 2.42. The molecule has 2 unspecified atom stereocenters. The Labute approximate surface area is 135 Å². The Balaban J connectivity index is 0.00000176. The number of rotatable bonds is 2. The fourth-order valence-corrected chi connectivity index (χ4v) is 3.82. The van der Waals surface area contributed by atoms with Crippen molar-refractivity contribution in [2.24, 2.45) is 23.5 Å². The van der Waals surface area contributed by atoms with E-state index in [0.29, 0.717) is 17.5 Å². The summed E-state index contributed by atoms with van der Waals surface area (Å²) >= 11 is 0. The van der Waals surface area contributed by atoms with Crippen LogP contribution in [0.25, 0.3) is 0 Å². The highest BCUT2D eigenvalue weighted by atomic mass is 35.5. The molecule has 0 aliphatic heterocycles. The number of nitrogens with two attached hydrogens (primary N) is 1. The third-order valence-electron chi connectivity index (χ3n) is 4.97. The summed E-state index contributed by atoms with van der Waals surface area (Å²) in [4.78, 5) is 12.3. The first-order chi connectivity index (χ1) is 10.0. The third kappa shape index (κ3) is 3.41. The Morgan fingerprint density at radius 3 is 2.36 bits per heavy atom. The van der Waals surface area contributed by atoms with Crippen LogP contribution >= 0.6 is 12.4 Å². The number of hydrogen-bond acceptors (Lipinski definition) is 2. The zero-order valence-electron chi connectivity index (χ0n) is 12.2. The van der Waals surface area contributed by atoms with Crippen molar-refractivity contribution in [2.75, 3.05) is 5.32 Å². The molecule has 1 aromatic carbocycles. The number of hydrogen-bond donors (Lipinski definition) is 2. The average Bonchev–Trinajstić information content (AvgIpc) is 2.42. The standard InChI is InChI=1S/C16H20F2N2O.ClH/c17-13-5-4-12(8-14(13)18)20-16(21)11-6-9-2-1-3-10(7-11)15(9)19;/h4-5,8-11,15H,1-3,6-7,19H2,(H,20,21);1H. The number of carbonyl (C=O) groups excluding carboxylic acids is 1. The van der Waals surface area contributed by atoms with Crippen molar-refractivity contribution in [3.05, 3.63) is 29.8 Å². The van der Waals surface area contributed by atoms with Crippen LogP contribution in [0.5, 0.6) is 0 Å². The molecule has 2 aliphatic carbocycles. The van der Waals surface area contributed by atoms with Crippen LogP contribution in [-0.2, 0) is 4.79 Å². The van der Waals surface area contributed by atoms with Gasteiger partial charge in [0.1, 0.15) is 0 Å². The number of benzene rings is 1. The number of nitrogens with one attached hydrogen (secondary N) is 1. The van der Waals surface area contributed by atoms with Crippen molar-refractivity contribution < 1.29 is 13.6 Å². The Morgan fingerprint density at radius 1 is 1.14 bits per heavy atom. The van der Waals surface area contributed by atoms with Crippen molar-refractivity contribution in [3.8, 4) is 0 Å². The number of halogens is 3. The molecule has 2 fully saturated rings. The topological polar surface area (TPSA) is 55.1 Å². The fourth-order valence-electron chi connectivity index (χ4n) is 3.82. The van der Waals surface area contributed by atoms with E-state index in [-0.39, 0.29) is 30.3 Å². The highest BCUT2D eigenvalue weighted by molar-refractivity contribution is 5.92. The lowest BCUT2D eigenvalue weighted by molar-refractivity contribution is -0.122. The van der Waals surface area contributed by atoms with E-state index in [0.717, 1.165) is 37.8 Å². The molecule has 3 nitrogen and oxygen atoms in total.